The molecular weight excluding hydrogens is 318 g/mol. The van der Waals surface area contributed by atoms with Crippen molar-refractivity contribution in [3.63, 3.8) is 0 Å². The second kappa shape index (κ2) is 6.84. The lowest BCUT2D eigenvalue weighted by Crippen LogP contribution is -2.27. The average molecular weight is 335 g/mol. The van der Waals surface area contributed by atoms with Crippen molar-refractivity contribution in [2.75, 3.05) is 6.54 Å². The van der Waals surface area contributed by atoms with E-state index in [1.165, 1.54) is 19.1 Å². The zero-order valence-electron chi connectivity index (χ0n) is 12.8. The standard InChI is InChI=1S/C15H17N3O4S/c1-11-6-7-14(18(19)20)12(2)15(11)23(21,22)17-10-8-13-5-3-4-9-16-13/h3-7,9,17H,8,10H2,1-2H3. The molecule has 0 aliphatic rings. The van der Waals surface area contributed by atoms with Crippen molar-refractivity contribution in [1.29, 1.82) is 0 Å². The molecule has 0 fully saturated rings. The fourth-order valence-corrected chi connectivity index (χ4v) is 3.87. The van der Waals surface area contributed by atoms with E-state index in [4.69, 9.17) is 0 Å². The Hall–Kier alpha value is -2.32. The maximum atomic E-state index is 12.5. The summed E-state index contributed by atoms with van der Waals surface area (Å²) in [6.45, 7) is 3.23. The van der Waals surface area contributed by atoms with Crippen LogP contribution in [0.1, 0.15) is 16.8 Å². The molecule has 1 heterocycles. The monoisotopic (exact) mass is 335 g/mol. The molecule has 2 aromatic rings. The van der Waals surface area contributed by atoms with E-state index in [2.05, 4.69) is 9.71 Å². The highest BCUT2D eigenvalue weighted by Crippen LogP contribution is 2.27. The number of aryl methyl sites for hydroxylation is 1. The van der Waals surface area contributed by atoms with Crippen molar-refractivity contribution in [1.82, 2.24) is 9.71 Å². The SMILES string of the molecule is Cc1ccc([N+](=O)[O-])c(C)c1S(=O)(=O)NCCc1ccccn1. The van der Waals surface area contributed by atoms with Gasteiger partial charge in [0, 0.05) is 36.5 Å². The van der Waals surface area contributed by atoms with E-state index in [-0.39, 0.29) is 22.7 Å². The molecular formula is C15H17N3O4S. The van der Waals surface area contributed by atoms with Gasteiger partial charge in [0.05, 0.1) is 9.82 Å². The largest absolute Gasteiger partial charge is 0.273 e. The van der Waals surface area contributed by atoms with Gasteiger partial charge in [-0.1, -0.05) is 12.1 Å². The van der Waals surface area contributed by atoms with Crippen molar-refractivity contribution in [3.8, 4) is 0 Å². The third kappa shape index (κ3) is 3.91. The van der Waals surface area contributed by atoms with Crippen LogP contribution in [0.25, 0.3) is 0 Å². The Morgan fingerprint density at radius 3 is 2.57 bits per heavy atom. The fourth-order valence-electron chi connectivity index (χ4n) is 2.36. The van der Waals surface area contributed by atoms with Crippen molar-refractivity contribution < 1.29 is 13.3 Å². The maximum Gasteiger partial charge on any atom is 0.273 e. The molecule has 0 atom stereocenters. The van der Waals surface area contributed by atoms with Crippen LogP contribution < -0.4 is 4.72 Å². The zero-order valence-corrected chi connectivity index (χ0v) is 13.6. The molecule has 0 saturated carbocycles. The van der Waals surface area contributed by atoms with E-state index in [1.54, 1.807) is 25.3 Å². The van der Waals surface area contributed by atoms with Gasteiger partial charge in [-0.2, -0.15) is 0 Å². The number of nitrogens with zero attached hydrogens (tertiary/aromatic N) is 2. The van der Waals surface area contributed by atoms with Crippen LogP contribution in [-0.4, -0.2) is 24.9 Å². The molecule has 122 valence electrons. The smallest absolute Gasteiger partial charge is 0.261 e. The minimum Gasteiger partial charge on any atom is -0.261 e. The molecule has 0 spiro atoms. The first-order valence-electron chi connectivity index (χ1n) is 6.97. The first kappa shape index (κ1) is 17.0. The van der Waals surface area contributed by atoms with Gasteiger partial charge in [0.15, 0.2) is 0 Å². The number of benzene rings is 1. The summed E-state index contributed by atoms with van der Waals surface area (Å²) in [6.07, 6.45) is 2.08. The number of pyridine rings is 1. The average Bonchev–Trinajstić information content (AvgIpc) is 2.47. The lowest BCUT2D eigenvalue weighted by atomic mass is 10.1. The van der Waals surface area contributed by atoms with Gasteiger partial charge in [-0.05, 0) is 31.5 Å². The van der Waals surface area contributed by atoms with E-state index in [0.717, 1.165) is 5.69 Å². The summed E-state index contributed by atoms with van der Waals surface area (Å²) in [5, 5.41) is 11.0. The molecule has 8 heteroatoms. The molecule has 0 bridgehead atoms. The summed E-state index contributed by atoms with van der Waals surface area (Å²) in [7, 11) is -3.83. The lowest BCUT2D eigenvalue weighted by Gasteiger charge is -2.12. The van der Waals surface area contributed by atoms with Gasteiger partial charge in [-0.25, -0.2) is 13.1 Å². The Morgan fingerprint density at radius 1 is 1.22 bits per heavy atom. The van der Waals surface area contributed by atoms with E-state index in [1.807, 2.05) is 6.07 Å². The summed E-state index contributed by atoms with van der Waals surface area (Å²) in [5.74, 6) is 0. The van der Waals surface area contributed by atoms with Crippen LogP contribution in [-0.2, 0) is 16.4 Å². The Balaban J connectivity index is 2.23. The molecule has 2 rings (SSSR count). The molecule has 0 amide bonds. The normalized spacial score (nSPS) is 11.4. The quantitative estimate of drug-likeness (QED) is 0.643. The summed E-state index contributed by atoms with van der Waals surface area (Å²) in [5.41, 5.74) is 1.17. The first-order chi connectivity index (χ1) is 10.8. The molecule has 1 aromatic heterocycles. The van der Waals surface area contributed by atoms with Crippen LogP contribution >= 0.6 is 0 Å². The third-order valence-corrected chi connectivity index (χ3v) is 5.19. The predicted octanol–water partition coefficient (Wildman–Crippen LogP) is 2.13. The predicted molar refractivity (Wildman–Crippen MR) is 85.7 cm³/mol. The summed E-state index contributed by atoms with van der Waals surface area (Å²) >= 11 is 0. The van der Waals surface area contributed by atoms with Gasteiger partial charge in [0.1, 0.15) is 0 Å². The van der Waals surface area contributed by atoms with Crippen LogP contribution in [0.15, 0.2) is 41.4 Å². The number of nitro benzene ring substituents is 1. The maximum absolute atomic E-state index is 12.5. The number of hydrogen-bond acceptors (Lipinski definition) is 5. The van der Waals surface area contributed by atoms with Crippen LogP contribution in [0.4, 0.5) is 5.69 Å². The van der Waals surface area contributed by atoms with Gasteiger partial charge in [-0.3, -0.25) is 15.1 Å². The molecule has 0 aliphatic heterocycles. The van der Waals surface area contributed by atoms with Crippen LogP contribution in [0, 0.1) is 24.0 Å². The topological polar surface area (TPSA) is 102 Å². The third-order valence-electron chi connectivity index (χ3n) is 3.44. The molecule has 0 saturated heterocycles. The van der Waals surface area contributed by atoms with Gasteiger partial charge < -0.3 is 0 Å². The molecule has 1 aromatic carbocycles. The number of aromatic nitrogens is 1. The number of nitro groups is 1. The van der Waals surface area contributed by atoms with Crippen LogP contribution in [0.2, 0.25) is 0 Å². The molecule has 1 N–H and O–H groups in total. The van der Waals surface area contributed by atoms with E-state index in [0.29, 0.717) is 12.0 Å². The number of sulfonamides is 1. The summed E-state index contributed by atoms with van der Waals surface area (Å²) in [4.78, 5) is 14.5. The second-order valence-electron chi connectivity index (χ2n) is 5.08. The Bertz CT molecular complexity index is 820. The fraction of sp³-hybridized carbons (Fsp3) is 0.267. The summed E-state index contributed by atoms with van der Waals surface area (Å²) in [6, 6.07) is 8.17. The highest BCUT2D eigenvalue weighted by atomic mass is 32.2. The van der Waals surface area contributed by atoms with Crippen LogP contribution in [0.3, 0.4) is 0 Å². The molecule has 0 unspecified atom stereocenters. The van der Waals surface area contributed by atoms with Gasteiger partial charge in [0.25, 0.3) is 5.69 Å². The highest BCUT2D eigenvalue weighted by molar-refractivity contribution is 7.89. The molecule has 0 aliphatic carbocycles. The molecule has 23 heavy (non-hydrogen) atoms. The van der Waals surface area contributed by atoms with Crippen molar-refractivity contribution in [2.45, 2.75) is 25.2 Å². The number of hydrogen-bond donors (Lipinski definition) is 1. The minimum absolute atomic E-state index is 0.0345. The van der Waals surface area contributed by atoms with Crippen molar-refractivity contribution in [3.05, 3.63) is 63.5 Å². The van der Waals surface area contributed by atoms with Crippen molar-refractivity contribution >= 4 is 15.7 Å². The Morgan fingerprint density at radius 2 is 1.96 bits per heavy atom. The Labute approximate surface area is 134 Å². The Kier molecular flexibility index (Phi) is 5.07. The minimum atomic E-state index is -3.83. The van der Waals surface area contributed by atoms with Crippen LogP contribution in [0.5, 0.6) is 0 Å². The molecule has 7 nitrogen and oxygen atoms in total. The number of rotatable bonds is 6. The summed E-state index contributed by atoms with van der Waals surface area (Å²) < 4.78 is 27.5. The van der Waals surface area contributed by atoms with Gasteiger partial charge in [-0.15, -0.1) is 0 Å². The highest BCUT2D eigenvalue weighted by Gasteiger charge is 2.25. The van der Waals surface area contributed by atoms with Gasteiger partial charge in [0.2, 0.25) is 10.0 Å². The lowest BCUT2D eigenvalue weighted by molar-refractivity contribution is -0.385. The first-order valence-corrected chi connectivity index (χ1v) is 8.45. The van der Waals surface area contributed by atoms with Gasteiger partial charge >= 0.3 is 0 Å². The number of nitrogens with one attached hydrogen (secondary N) is 1. The second-order valence-corrected chi connectivity index (χ2v) is 6.79. The zero-order chi connectivity index (χ0) is 17.0. The van der Waals surface area contributed by atoms with E-state index < -0.39 is 14.9 Å². The molecule has 0 radical (unpaired) electrons. The van der Waals surface area contributed by atoms with Crippen molar-refractivity contribution in [2.24, 2.45) is 0 Å². The van der Waals surface area contributed by atoms with E-state index >= 15 is 0 Å². The van der Waals surface area contributed by atoms with E-state index in [9.17, 15) is 18.5 Å².